The predicted octanol–water partition coefficient (Wildman–Crippen LogP) is 4.62. The summed E-state index contributed by atoms with van der Waals surface area (Å²) in [6, 6.07) is 2.20. The summed E-state index contributed by atoms with van der Waals surface area (Å²) in [5.41, 5.74) is 1.55. The van der Waals surface area contributed by atoms with Crippen molar-refractivity contribution < 1.29 is 23.1 Å². The van der Waals surface area contributed by atoms with E-state index >= 15 is 0 Å². The highest BCUT2D eigenvalue weighted by Gasteiger charge is 2.19. The molecule has 1 N–H and O–H groups in total. The minimum Gasteiger partial charge on any atom is -0.481 e. The normalized spacial score (nSPS) is 12.0. The number of carboxylic acid groups (broad SMARTS) is 1. The molecule has 0 bridgehead atoms. The molecule has 0 aliphatic heterocycles. The number of carboxylic acids is 1. The number of hydrogen-bond donors (Lipinski definition) is 1. The van der Waals surface area contributed by atoms with Crippen molar-refractivity contribution in [2.75, 3.05) is 0 Å². The van der Waals surface area contributed by atoms with Crippen LogP contribution in [0.15, 0.2) is 18.3 Å². The number of benzene rings is 1. The van der Waals surface area contributed by atoms with Gasteiger partial charge in [-0.1, -0.05) is 6.07 Å². The molecule has 4 nitrogen and oxygen atoms in total. The Morgan fingerprint density at radius 2 is 1.96 bits per heavy atom. The lowest BCUT2D eigenvalue weighted by Gasteiger charge is -2.10. The molecule has 1 atom stereocenters. The first kappa shape index (κ1) is 20.1. The molecule has 0 saturated heterocycles. The molecule has 0 aliphatic rings. The van der Waals surface area contributed by atoms with Crippen molar-refractivity contribution in [3.8, 4) is 0 Å². The van der Waals surface area contributed by atoms with Gasteiger partial charge >= 0.3 is 5.97 Å². The Morgan fingerprint density at radius 3 is 2.62 bits per heavy atom. The molecule has 0 amide bonds. The summed E-state index contributed by atoms with van der Waals surface area (Å²) < 4.78 is 40.9. The van der Waals surface area contributed by atoms with Gasteiger partial charge in [0.25, 0.3) is 0 Å². The number of nitrogens with zero attached hydrogens (tertiary/aromatic N) is 2. The minimum atomic E-state index is -1.28. The van der Waals surface area contributed by atoms with Crippen molar-refractivity contribution in [1.82, 2.24) is 9.97 Å². The Balaban J connectivity index is 0.00000243. The lowest BCUT2D eigenvalue weighted by atomic mass is 9.99. The quantitative estimate of drug-likeness (QED) is 0.647. The molecule has 0 fully saturated rings. The number of pyridine rings is 1. The Kier molecular flexibility index (Phi) is 5.87. The standard InChI is InChI=1S/C17H13F3N2O2S.ClH/c1-7(17(23)24)10-3-9(8(2)21-6-10)4-13-22-15-14(20)11(18)5-12(19)16(15)25-13;/h3,5-7H,4H2,1-2H3,(H,23,24);1H. The van der Waals surface area contributed by atoms with Crippen LogP contribution in [0.1, 0.15) is 34.7 Å². The lowest BCUT2D eigenvalue weighted by molar-refractivity contribution is -0.138. The molecular formula is C17H14ClF3N2O2S. The topological polar surface area (TPSA) is 63.1 Å². The van der Waals surface area contributed by atoms with Gasteiger partial charge in [0.05, 0.1) is 15.6 Å². The summed E-state index contributed by atoms with van der Waals surface area (Å²) >= 11 is 0.934. The number of aryl methyl sites for hydroxylation is 1. The van der Waals surface area contributed by atoms with Crippen LogP contribution < -0.4 is 0 Å². The summed E-state index contributed by atoms with van der Waals surface area (Å²) in [5.74, 6) is -5.03. The highest BCUT2D eigenvalue weighted by Crippen LogP contribution is 2.30. The highest BCUT2D eigenvalue weighted by atomic mass is 35.5. The maximum absolute atomic E-state index is 13.8. The molecule has 1 aromatic carbocycles. The van der Waals surface area contributed by atoms with Crippen LogP contribution in [-0.2, 0) is 11.2 Å². The molecule has 138 valence electrons. The second-order valence-corrected chi connectivity index (χ2v) is 6.77. The Morgan fingerprint density at radius 1 is 1.27 bits per heavy atom. The van der Waals surface area contributed by atoms with Crippen LogP contribution >= 0.6 is 23.7 Å². The van der Waals surface area contributed by atoms with Gasteiger partial charge in [0.1, 0.15) is 11.3 Å². The van der Waals surface area contributed by atoms with Gasteiger partial charge in [0.2, 0.25) is 0 Å². The molecule has 0 radical (unpaired) electrons. The number of rotatable bonds is 4. The van der Waals surface area contributed by atoms with E-state index in [2.05, 4.69) is 9.97 Å². The van der Waals surface area contributed by atoms with Crippen molar-refractivity contribution in [2.24, 2.45) is 0 Å². The van der Waals surface area contributed by atoms with Gasteiger partial charge in [-0.15, -0.1) is 23.7 Å². The average molecular weight is 403 g/mol. The summed E-state index contributed by atoms with van der Waals surface area (Å²) in [5, 5.41) is 9.50. The van der Waals surface area contributed by atoms with Crippen molar-refractivity contribution in [2.45, 2.75) is 26.2 Å². The minimum absolute atomic E-state index is 0. The monoisotopic (exact) mass is 402 g/mol. The van der Waals surface area contributed by atoms with E-state index in [1.165, 1.54) is 6.20 Å². The SMILES string of the molecule is Cc1ncc(C(C)C(=O)O)cc1Cc1nc2c(F)c(F)cc(F)c2s1.Cl. The van der Waals surface area contributed by atoms with Crippen LogP contribution in [0.5, 0.6) is 0 Å². The number of fused-ring (bicyclic) bond motifs is 1. The summed E-state index contributed by atoms with van der Waals surface area (Å²) in [7, 11) is 0. The van der Waals surface area contributed by atoms with Gasteiger partial charge in [-0.25, -0.2) is 18.2 Å². The van der Waals surface area contributed by atoms with Crippen molar-refractivity contribution in [1.29, 1.82) is 0 Å². The molecule has 2 aromatic heterocycles. The van der Waals surface area contributed by atoms with Crippen LogP contribution in [-0.4, -0.2) is 21.0 Å². The molecule has 0 spiro atoms. The number of aromatic nitrogens is 2. The molecule has 9 heteroatoms. The number of thiazole rings is 1. The second-order valence-electron chi connectivity index (χ2n) is 5.69. The molecule has 3 aromatic rings. The summed E-state index contributed by atoms with van der Waals surface area (Å²) in [4.78, 5) is 19.3. The van der Waals surface area contributed by atoms with Crippen molar-refractivity contribution in [3.63, 3.8) is 0 Å². The molecule has 26 heavy (non-hydrogen) atoms. The fourth-order valence-electron chi connectivity index (χ4n) is 2.42. The van der Waals surface area contributed by atoms with Crippen LogP contribution in [0.3, 0.4) is 0 Å². The Bertz CT molecular complexity index is 994. The Labute approximate surface area is 157 Å². The number of hydrogen-bond acceptors (Lipinski definition) is 4. The van der Waals surface area contributed by atoms with E-state index < -0.39 is 29.3 Å². The largest absolute Gasteiger partial charge is 0.481 e. The van der Waals surface area contributed by atoms with Crippen LogP contribution in [0.4, 0.5) is 13.2 Å². The highest BCUT2D eigenvalue weighted by molar-refractivity contribution is 7.18. The van der Waals surface area contributed by atoms with Gasteiger partial charge in [-0.05, 0) is 25.0 Å². The first-order valence-electron chi connectivity index (χ1n) is 7.39. The lowest BCUT2D eigenvalue weighted by Crippen LogP contribution is -2.09. The molecule has 3 rings (SSSR count). The fourth-order valence-corrected chi connectivity index (χ4v) is 3.41. The van der Waals surface area contributed by atoms with Crippen LogP contribution in [0.2, 0.25) is 0 Å². The Hall–Kier alpha value is -2.19. The molecule has 1 unspecified atom stereocenters. The number of carbonyl (C=O) groups is 1. The van der Waals surface area contributed by atoms with Gasteiger partial charge in [0.15, 0.2) is 11.6 Å². The third-order valence-electron chi connectivity index (χ3n) is 3.98. The first-order chi connectivity index (χ1) is 11.8. The van der Waals surface area contributed by atoms with Crippen molar-refractivity contribution >= 4 is 39.9 Å². The van der Waals surface area contributed by atoms with Crippen LogP contribution in [0.25, 0.3) is 10.2 Å². The zero-order valence-electron chi connectivity index (χ0n) is 13.7. The van der Waals surface area contributed by atoms with E-state index in [0.29, 0.717) is 27.9 Å². The molecule has 0 aliphatic carbocycles. The molecule has 0 saturated carbocycles. The van der Waals surface area contributed by atoms with Gasteiger partial charge < -0.3 is 5.11 Å². The molecule has 2 heterocycles. The zero-order valence-corrected chi connectivity index (χ0v) is 15.3. The summed E-state index contributed by atoms with van der Waals surface area (Å²) in [6.07, 6.45) is 1.71. The van der Waals surface area contributed by atoms with E-state index in [-0.39, 0.29) is 29.0 Å². The number of aliphatic carboxylic acids is 1. The second kappa shape index (κ2) is 7.59. The smallest absolute Gasteiger partial charge is 0.310 e. The summed E-state index contributed by atoms with van der Waals surface area (Å²) in [6.45, 7) is 3.29. The average Bonchev–Trinajstić information content (AvgIpc) is 2.98. The van der Waals surface area contributed by atoms with E-state index in [1.807, 2.05) is 0 Å². The third-order valence-corrected chi connectivity index (χ3v) is 5.05. The first-order valence-corrected chi connectivity index (χ1v) is 8.20. The van der Waals surface area contributed by atoms with E-state index in [0.717, 1.165) is 11.3 Å². The maximum atomic E-state index is 13.8. The zero-order chi connectivity index (χ0) is 18.3. The van der Waals surface area contributed by atoms with E-state index in [9.17, 15) is 18.0 Å². The maximum Gasteiger partial charge on any atom is 0.310 e. The van der Waals surface area contributed by atoms with Crippen LogP contribution in [0, 0.1) is 24.4 Å². The molecular weight excluding hydrogens is 389 g/mol. The van der Waals surface area contributed by atoms with E-state index in [1.54, 1.807) is 19.9 Å². The fraction of sp³-hybridized carbons (Fsp3) is 0.235. The number of halogens is 4. The van der Waals surface area contributed by atoms with Gasteiger partial charge in [-0.2, -0.15) is 0 Å². The van der Waals surface area contributed by atoms with E-state index in [4.69, 9.17) is 5.11 Å². The van der Waals surface area contributed by atoms with Gasteiger partial charge in [-0.3, -0.25) is 9.78 Å². The third kappa shape index (κ3) is 3.66. The predicted molar refractivity (Wildman–Crippen MR) is 94.6 cm³/mol. The van der Waals surface area contributed by atoms with Crippen molar-refractivity contribution in [3.05, 3.63) is 57.6 Å². The van der Waals surface area contributed by atoms with Gasteiger partial charge in [0, 0.05) is 24.4 Å².